The number of ketones is 1. The monoisotopic (exact) mass is 835 g/mol. The molecule has 15 heteroatoms. The maximum Gasteiger partial charge on any atom is 0.243 e. The molecule has 0 radical (unpaired) electrons. The van der Waals surface area contributed by atoms with Gasteiger partial charge in [-0.05, 0) is 80.8 Å². The first-order valence-corrected chi connectivity index (χ1v) is 21.9. The summed E-state index contributed by atoms with van der Waals surface area (Å²) in [5.41, 5.74) is 12.9. The molecular weight excluding hydrogens is 779 g/mol. The number of nitrogens with zero attached hydrogens (tertiary/aromatic N) is 7. The molecule has 2 amide bonds. The predicted molar refractivity (Wildman–Crippen MR) is 233 cm³/mol. The topological polar surface area (TPSA) is 193 Å². The number of amides is 2. The number of nitrogen functional groups attached to an aromatic ring is 1. The third kappa shape index (κ3) is 9.38. The summed E-state index contributed by atoms with van der Waals surface area (Å²) in [4.78, 5) is 51.0. The number of aromatic hydroxyl groups is 1. The van der Waals surface area contributed by atoms with Crippen molar-refractivity contribution < 1.29 is 24.6 Å². The Bertz CT molecular complexity index is 2310. The van der Waals surface area contributed by atoms with Gasteiger partial charge in [-0.15, -0.1) is 21.5 Å². The van der Waals surface area contributed by atoms with E-state index in [-0.39, 0.29) is 48.9 Å². The molecule has 2 fully saturated rings. The molecule has 2 saturated heterocycles. The summed E-state index contributed by atoms with van der Waals surface area (Å²) in [5.74, 6) is -1.31. The highest BCUT2D eigenvalue weighted by Crippen LogP contribution is 2.35. The highest BCUT2D eigenvalue weighted by Gasteiger charge is 2.46. The van der Waals surface area contributed by atoms with Gasteiger partial charge in [-0.1, -0.05) is 63.6 Å². The number of phenolic OH excluding ortho intramolecular Hbond substituents is 1. The number of aliphatic hydroxyl groups is 1. The number of Topliss-reactive ketones (excluding diaryl/α,β-unsaturated/α-hetero) is 1. The molecule has 0 saturated carbocycles. The first-order chi connectivity index (χ1) is 28.7. The van der Waals surface area contributed by atoms with E-state index in [1.807, 2.05) is 81.2 Å². The Morgan fingerprint density at radius 3 is 2.43 bits per heavy atom. The standard InChI is InChI=1S/C45H57N9O5S/c1-27(29-14-16-30(17-15-29)41-28(2)47-26-60-41)48-43(58)36-23-32(55)25-53(36)44(59)39(45(3,4)5)38(57)13-7-6-10-20-52-21-18-31(19-22-52)54-35-24-34(33-11-8-9-12-37(33)56)49-50-40(35)42(46)51-54/h8-9,11-12,14-17,24,26-27,31-32,36,39,55-56H,6-7,10,13,18-23,25H2,1-5H3,(H2,46,51)(H,48,58)/t27?,32-,36+,39?/m1/s1. The number of carbonyl (C=O) groups excluding carboxylic acids is 3. The zero-order valence-corrected chi connectivity index (χ0v) is 36.0. The van der Waals surface area contributed by atoms with E-state index in [2.05, 4.69) is 30.5 Å². The Hall–Kier alpha value is -5.25. The summed E-state index contributed by atoms with van der Waals surface area (Å²) in [5, 5.41) is 37.4. The van der Waals surface area contributed by atoms with E-state index < -0.39 is 29.4 Å². The molecule has 2 unspecified atom stereocenters. The number of aryl methyl sites for hydroxylation is 1. The number of β-amino-alcohol motifs (C(OH)–C–C–N with tert-alkyl or cyclic N) is 1. The minimum absolute atomic E-state index is 0.0160. The molecule has 5 aromatic rings. The van der Waals surface area contributed by atoms with Gasteiger partial charge in [0.1, 0.15) is 23.5 Å². The number of hydrogen-bond donors (Lipinski definition) is 4. The summed E-state index contributed by atoms with van der Waals surface area (Å²) >= 11 is 1.58. The van der Waals surface area contributed by atoms with Crippen LogP contribution < -0.4 is 11.1 Å². The highest BCUT2D eigenvalue weighted by atomic mass is 32.1. The summed E-state index contributed by atoms with van der Waals surface area (Å²) in [6, 6.07) is 15.9. The maximum atomic E-state index is 14.2. The van der Waals surface area contributed by atoms with Crippen molar-refractivity contribution in [2.24, 2.45) is 11.3 Å². The Balaban J connectivity index is 0.888. The number of nitrogens with two attached hydrogens (primary N) is 1. The minimum atomic E-state index is -0.926. The van der Waals surface area contributed by atoms with Gasteiger partial charge in [-0.3, -0.25) is 19.1 Å². The Morgan fingerprint density at radius 1 is 1.02 bits per heavy atom. The van der Waals surface area contributed by atoms with Crippen LogP contribution in [0.4, 0.5) is 5.82 Å². The van der Waals surface area contributed by atoms with Crippen molar-refractivity contribution >= 4 is 45.8 Å². The van der Waals surface area contributed by atoms with Crippen LogP contribution in [0.25, 0.3) is 32.7 Å². The van der Waals surface area contributed by atoms with Crippen molar-refractivity contribution in [3.8, 4) is 27.4 Å². The quantitative estimate of drug-likeness (QED) is 0.0707. The van der Waals surface area contributed by atoms with Crippen LogP contribution in [0.15, 0.2) is 60.1 Å². The molecular formula is C45H57N9O5S. The van der Waals surface area contributed by atoms with Gasteiger partial charge in [-0.2, -0.15) is 5.10 Å². The number of benzene rings is 2. The summed E-state index contributed by atoms with van der Waals surface area (Å²) < 4.78 is 1.96. The smallest absolute Gasteiger partial charge is 0.243 e. The normalized spacial score (nSPS) is 18.8. The van der Waals surface area contributed by atoms with Crippen LogP contribution in [0, 0.1) is 18.3 Å². The molecule has 3 aromatic heterocycles. The lowest BCUT2D eigenvalue weighted by atomic mass is 9.76. The van der Waals surface area contributed by atoms with Crippen molar-refractivity contribution in [2.75, 3.05) is 31.9 Å². The first-order valence-electron chi connectivity index (χ1n) is 21.0. The van der Waals surface area contributed by atoms with Gasteiger partial charge in [0.05, 0.1) is 45.5 Å². The van der Waals surface area contributed by atoms with Crippen LogP contribution in [-0.4, -0.2) is 101 Å². The molecule has 7 rings (SSSR count). The molecule has 60 heavy (non-hydrogen) atoms. The van der Waals surface area contributed by atoms with Gasteiger partial charge in [-0.25, -0.2) is 4.98 Å². The number of carbonyl (C=O) groups is 3. The number of phenols is 1. The molecule has 318 valence electrons. The van der Waals surface area contributed by atoms with Crippen LogP contribution in [0.2, 0.25) is 0 Å². The SMILES string of the molecule is Cc1ncsc1-c1ccc(C(C)NC(=O)[C@@H]2C[C@@H](O)CN2C(=O)C(C(=O)CCCCCN2CCC(n3nc(N)c4nnc(-c5ccccc5O)cc43)CC2)C(C)(C)C)cc1. The Kier molecular flexibility index (Phi) is 13.0. The third-order valence-electron chi connectivity index (χ3n) is 12.0. The second-order valence-electron chi connectivity index (χ2n) is 17.5. The fourth-order valence-corrected chi connectivity index (χ4v) is 9.57. The van der Waals surface area contributed by atoms with Crippen LogP contribution in [0.1, 0.15) is 96.0 Å². The van der Waals surface area contributed by atoms with Crippen molar-refractivity contribution in [2.45, 2.75) is 104 Å². The first kappa shape index (κ1) is 42.9. The van der Waals surface area contributed by atoms with Crippen LogP contribution in [0.5, 0.6) is 5.75 Å². The molecule has 5 heterocycles. The van der Waals surface area contributed by atoms with Gasteiger partial charge in [0.2, 0.25) is 11.8 Å². The average Bonchev–Trinajstić information content (AvgIpc) is 3.93. The van der Waals surface area contributed by atoms with E-state index >= 15 is 0 Å². The minimum Gasteiger partial charge on any atom is -0.507 e. The summed E-state index contributed by atoms with van der Waals surface area (Å²) in [6.45, 7) is 12.3. The number of hydrogen-bond acceptors (Lipinski definition) is 12. The van der Waals surface area contributed by atoms with E-state index in [0.717, 1.165) is 72.5 Å². The van der Waals surface area contributed by atoms with E-state index in [4.69, 9.17) is 5.73 Å². The number of aromatic nitrogens is 5. The van der Waals surface area contributed by atoms with Crippen molar-refractivity contribution in [1.29, 1.82) is 0 Å². The largest absolute Gasteiger partial charge is 0.507 e. The van der Waals surface area contributed by atoms with Gasteiger partial charge in [0.15, 0.2) is 11.3 Å². The molecule has 0 spiro atoms. The molecule has 14 nitrogen and oxygen atoms in total. The molecule has 2 aliphatic rings. The Morgan fingerprint density at radius 2 is 1.75 bits per heavy atom. The van der Waals surface area contributed by atoms with Crippen LogP contribution >= 0.6 is 11.3 Å². The highest BCUT2D eigenvalue weighted by molar-refractivity contribution is 7.13. The maximum absolute atomic E-state index is 14.2. The number of aliphatic hydroxyl groups excluding tert-OH is 1. The van der Waals surface area contributed by atoms with E-state index in [1.165, 1.54) is 4.90 Å². The van der Waals surface area contributed by atoms with Gasteiger partial charge >= 0.3 is 0 Å². The predicted octanol–water partition coefficient (Wildman–Crippen LogP) is 6.48. The lowest BCUT2D eigenvalue weighted by Gasteiger charge is -2.34. The van der Waals surface area contributed by atoms with E-state index in [9.17, 15) is 24.6 Å². The second-order valence-corrected chi connectivity index (χ2v) is 18.3. The van der Waals surface area contributed by atoms with Gasteiger partial charge < -0.3 is 31.1 Å². The van der Waals surface area contributed by atoms with Crippen molar-refractivity contribution in [3.05, 3.63) is 71.4 Å². The number of thiazole rings is 1. The number of rotatable bonds is 14. The molecule has 2 aromatic carbocycles. The lowest BCUT2D eigenvalue weighted by Crippen LogP contribution is -2.51. The Labute approximate surface area is 355 Å². The summed E-state index contributed by atoms with van der Waals surface area (Å²) in [6.07, 6.45) is 3.77. The number of fused-ring (bicyclic) bond motifs is 1. The third-order valence-corrected chi connectivity index (χ3v) is 13.0. The number of likely N-dealkylation sites (tertiary alicyclic amines) is 2. The number of unbranched alkanes of at least 4 members (excludes halogenated alkanes) is 2. The second kappa shape index (κ2) is 18.2. The van der Waals surface area contributed by atoms with Gasteiger partial charge in [0, 0.05) is 38.0 Å². The molecule has 0 bridgehead atoms. The number of para-hydroxylation sites is 1. The molecule has 0 aliphatic carbocycles. The van der Waals surface area contributed by atoms with E-state index in [0.29, 0.717) is 29.0 Å². The van der Waals surface area contributed by atoms with Crippen molar-refractivity contribution in [3.63, 3.8) is 0 Å². The fourth-order valence-electron chi connectivity index (χ4n) is 8.76. The number of piperidine rings is 1. The molecule has 4 atom stereocenters. The van der Waals surface area contributed by atoms with Crippen LogP contribution in [0.3, 0.4) is 0 Å². The summed E-state index contributed by atoms with van der Waals surface area (Å²) in [7, 11) is 0. The molecule has 2 aliphatic heterocycles. The van der Waals surface area contributed by atoms with Gasteiger partial charge in [0.25, 0.3) is 0 Å². The number of anilines is 1. The number of nitrogens with one attached hydrogen (secondary N) is 1. The van der Waals surface area contributed by atoms with Crippen LogP contribution in [-0.2, 0) is 14.4 Å². The fraction of sp³-hybridized carbons (Fsp3) is 0.489. The van der Waals surface area contributed by atoms with E-state index in [1.54, 1.807) is 29.5 Å². The lowest BCUT2D eigenvalue weighted by molar-refractivity contribution is -0.149. The zero-order chi connectivity index (χ0) is 42.7. The van der Waals surface area contributed by atoms with Crippen molar-refractivity contribution in [1.82, 2.24) is 40.1 Å². The molecule has 5 N–H and O–H groups in total. The zero-order valence-electron chi connectivity index (χ0n) is 35.2. The average molecular weight is 836 g/mol.